The molecule has 3 aromatic rings. The molecule has 1 atom stereocenters. The van der Waals surface area contributed by atoms with Gasteiger partial charge in [0.2, 0.25) is 0 Å². The maximum absolute atomic E-state index is 12.5. The van der Waals surface area contributed by atoms with Crippen LogP contribution in [0, 0.1) is 6.92 Å². The first kappa shape index (κ1) is 16.9. The Morgan fingerprint density at radius 1 is 1.36 bits per heavy atom. The number of hydrogen-bond acceptors (Lipinski definition) is 4. The first-order valence-electron chi connectivity index (χ1n) is 8.05. The Morgan fingerprint density at radius 2 is 2.08 bits per heavy atom. The molecular formula is C18H20N4O3. The third-order valence-corrected chi connectivity index (χ3v) is 4.07. The molecule has 3 rings (SSSR count). The standard InChI is InChI=1S/C18H20N4O3/c1-11-10-13(15-16(20-11)22(2)21-18(15)25)17(24)19-9-8-14(23)12-6-4-3-5-7-12/h3-7,10,14,23H,8-9H2,1-2H3,(H,19,24)(H,21,25). The molecule has 1 aromatic carbocycles. The number of aliphatic hydroxyl groups is 1. The monoisotopic (exact) mass is 340 g/mol. The second-order valence-electron chi connectivity index (χ2n) is 5.98. The molecule has 0 saturated carbocycles. The molecule has 25 heavy (non-hydrogen) atoms. The van der Waals surface area contributed by atoms with Crippen LogP contribution in [-0.4, -0.2) is 32.3 Å². The van der Waals surface area contributed by atoms with E-state index >= 15 is 0 Å². The van der Waals surface area contributed by atoms with Crippen LogP contribution in [0.2, 0.25) is 0 Å². The van der Waals surface area contributed by atoms with Gasteiger partial charge in [-0.25, -0.2) is 4.98 Å². The van der Waals surface area contributed by atoms with Crippen molar-refractivity contribution in [1.82, 2.24) is 20.1 Å². The summed E-state index contributed by atoms with van der Waals surface area (Å²) < 4.78 is 1.50. The molecule has 2 aromatic heterocycles. The highest BCUT2D eigenvalue weighted by Crippen LogP contribution is 2.16. The van der Waals surface area contributed by atoms with Gasteiger partial charge in [-0.05, 0) is 25.0 Å². The largest absolute Gasteiger partial charge is 0.388 e. The van der Waals surface area contributed by atoms with Gasteiger partial charge in [0.1, 0.15) is 0 Å². The van der Waals surface area contributed by atoms with Gasteiger partial charge in [0.05, 0.1) is 17.1 Å². The van der Waals surface area contributed by atoms with E-state index in [0.717, 1.165) is 5.56 Å². The van der Waals surface area contributed by atoms with Gasteiger partial charge in [-0.2, -0.15) is 0 Å². The van der Waals surface area contributed by atoms with Gasteiger partial charge in [0.25, 0.3) is 11.5 Å². The fraction of sp³-hybridized carbons (Fsp3) is 0.278. The maximum atomic E-state index is 12.5. The quantitative estimate of drug-likeness (QED) is 0.654. The summed E-state index contributed by atoms with van der Waals surface area (Å²) in [6.07, 6.45) is -0.269. The Morgan fingerprint density at radius 3 is 2.80 bits per heavy atom. The van der Waals surface area contributed by atoms with E-state index in [-0.39, 0.29) is 16.9 Å². The van der Waals surface area contributed by atoms with Crippen molar-refractivity contribution in [3.05, 3.63) is 63.6 Å². The normalized spacial score (nSPS) is 12.3. The molecular weight excluding hydrogens is 320 g/mol. The molecule has 0 aliphatic carbocycles. The van der Waals surface area contributed by atoms with Crippen molar-refractivity contribution in [1.29, 1.82) is 0 Å². The van der Waals surface area contributed by atoms with Gasteiger partial charge >= 0.3 is 0 Å². The van der Waals surface area contributed by atoms with E-state index in [0.29, 0.717) is 29.9 Å². The van der Waals surface area contributed by atoms with Gasteiger partial charge in [-0.15, -0.1) is 0 Å². The van der Waals surface area contributed by atoms with Crippen LogP contribution in [0.1, 0.15) is 34.1 Å². The topological polar surface area (TPSA) is 100 Å². The lowest BCUT2D eigenvalue weighted by atomic mass is 10.1. The van der Waals surface area contributed by atoms with Crippen molar-refractivity contribution < 1.29 is 9.90 Å². The molecule has 7 nitrogen and oxygen atoms in total. The summed E-state index contributed by atoms with van der Waals surface area (Å²) in [4.78, 5) is 28.9. The molecule has 7 heteroatoms. The van der Waals surface area contributed by atoms with Gasteiger partial charge in [0.15, 0.2) is 5.65 Å². The third-order valence-electron chi connectivity index (χ3n) is 4.07. The van der Waals surface area contributed by atoms with Crippen LogP contribution in [0.15, 0.2) is 41.2 Å². The van der Waals surface area contributed by atoms with Crippen LogP contribution in [0.5, 0.6) is 0 Å². The van der Waals surface area contributed by atoms with Crippen LogP contribution >= 0.6 is 0 Å². The summed E-state index contributed by atoms with van der Waals surface area (Å²) in [6.45, 7) is 2.06. The smallest absolute Gasteiger partial charge is 0.274 e. The lowest BCUT2D eigenvalue weighted by Crippen LogP contribution is -2.26. The van der Waals surface area contributed by atoms with E-state index in [1.165, 1.54) is 4.68 Å². The summed E-state index contributed by atoms with van der Waals surface area (Å²) in [5, 5.41) is 15.8. The Kier molecular flexibility index (Phi) is 4.67. The second-order valence-corrected chi connectivity index (χ2v) is 5.98. The van der Waals surface area contributed by atoms with Crippen LogP contribution < -0.4 is 10.9 Å². The van der Waals surface area contributed by atoms with Crippen molar-refractivity contribution in [3.63, 3.8) is 0 Å². The van der Waals surface area contributed by atoms with Gasteiger partial charge in [-0.1, -0.05) is 30.3 Å². The highest BCUT2D eigenvalue weighted by Gasteiger charge is 2.18. The number of aromatic nitrogens is 3. The molecule has 0 fully saturated rings. The van der Waals surface area contributed by atoms with Gasteiger partial charge in [-0.3, -0.25) is 19.4 Å². The number of rotatable bonds is 5. The summed E-state index contributed by atoms with van der Waals surface area (Å²) in [6, 6.07) is 10.9. The molecule has 0 saturated heterocycles. The third kappa shape index (κ3) is 3.46. The number of fused-ring (bicyclic) bond motifs is 1. The average molecular weight is 340 g/mol. The predicted molar refractivity (Wildman–Crippen MR) is 94.4 cm³/mol. The SMILES string of the molecule is Cc1cc(C(=O)NCCC(O)c2ccccc2)c2c(=O)[nH]n(C)c2n1. The maximum Gasteiger partial charge on any atom is 0.274 e. The Bertz CT molecular complexity index is 960. The minimum Gasteiger partial charge on any atom is -0.388 e. The number of carbonyl (C=O) groups is 1. The van der Waals surface area contributed by atoms with Crippen molar-refractivity contribution in [2.75, 3.05) is 6.54 Å². The molecule has 1 amide bonds. The van der Waals surface area contributed by atoms with E-state index in [4.69, 9.17) is 0 Å². The zero-order chi connectivity index (χ0) is 18.0. The molecule has 3 N–H and O–H groups in total. The summed E-state index contributed by atoms with van der Waals surface area (Å²) in [5.74, 6) is -0.354. The van der Waals surface area contributed by atoms with Crippen LogP contribution in [0.4, 0.5) is 0 Å². The number of aromatic amines is 1. The van der Waals surface area contributed by atoms with E-state index in [9.17, 15) is 14.7 Å². The van der Waals surface area contributed by atoms with Gasteiger partial charge < -0.3 is 10.4 Å². The number of hydrogen-bond donors (Lipinski definition) is 3. The highest BCUT2D eigenvalue weighted by atomic mass is 16.3. The first-order valence-corrected chi connectivity index (χ1v) is 8.05. The average Bonchev–Trinajstić information content (AvgIpc) is 2.88. The molecule has 1 unspecified atom stereocenters. The number of pyridine rings is 1. The number of aliphatic hydroxyl groups excluding tert-OH is 1. The van der Waals surface area contributed by atoms with Crippen molar-refractivity contribution in [2.45, 2.75) is 19.4 Å². The fourth-order valence-corrected chi connectivity index (χ4v) is 2.82. The molecule has 0 bridgehead atoms. The van der Waals surface area contributed by atoms with E-state index in [2.05, 4.69) is 15.4 Å². The van der Waals surface area contributed by atoms with Crippen LogP contribution in [0.25, 0.3) is 11.0 Å². The number of carbonyl (C=O) groups excluding carboxylic acids is 1. The number of H-pyrrole nitrogens is 1. The Balaban J connectivity index is 1.74. The summed E-state index contributed by atoms with van der Waals surface area (Å²) in [7, 11) is 1.67. The number of aryl methyl sites for hydroxylation is 2. The van der Waals surface area contributed by atoms with Crippen LogP contribution in [-0.2, 0) is 7.05 Å². The minimum atomic E-state index is -0.652. The van der Waals surface area contributed by atoms with Gasteiger partial charge in [0, 0.05) is 19.3 Å². The summed E-state index contributed by atoms with van der Waals surface area (Å²) >= 11 is 0. The molecule has 2 heterocycles. The Hall–Kier alpha value is -2.93. The van der Waals surface area contributed by atoms with E-state index in [1.54, 1.807) is 20.0 Å². The van der Waals surface area contributed by atoms with Crippen molar-refractivity contribution in [2.24, 2.45) is 7.05 Å². The number of benzene rings is 1. The predicted octanol–water partition coefficient (Wildman–Crippen LogP) is 1.42. The first-order chi connectivity index (χ1) is 12.0. The zero-order valence-electron chi connectivity index (χ0n) is 14.1. The summed E-state index contributed by atoms with van der Waals surface area (Å²) in [5.41, 5.74) is 1.84. The number of amides is 1. The molecule has 0 spiro atoms. The van der Waals surface area contributed by atoms with Crippen molar-refractivity contribution >= 4 is 16.9 Å². The second kappa shape index (κ2) is 6.90. The van der Waals surface area contributed by atoms with Crippen LogP contribution in [0.3, 0.4) is 0 Å². The molecule has 0 aliphatic rings. The zero-order valence-corrected chi connectivity index (χ0v) is 14.1. The molecule has 0 aliphatic heterocycles. The van der Waals surface area contributed by atoms with E-state index < -0.39 is 6.10 Å². The molecule has 0 radical (unpaired) electrons. The number of nitrogens with zero attached hydrogens (tertiary/aromatic N) is 2. The fourth-order valence-electron chi connectivity index (χ4n) is 2.82. The Labute approximate surface area is 144 Å². The highest BCUT2D eigenvalue weighted by molar-refractivity contribution is 6.05. The molecule has 130 valence electrons. The number of nitrogens with one attached hydrogen (secondary N) is 2. The lowest BCUT2D eigenvalue weighted by Gasteiger charge is -2.12. The minimum absolute atomic E-state index is 0.272. The van der Waals surface area contributed by atoms with Crippen molar-refractivity contribution in [3.8, 4) is 0 Å². The lowest BCUT2D eigenvalue weighted by molar-refractivity contribution is 0.0944. The van der Waals surface area contributed by atoms with E-state index in [1.807, 2.05) is 30.3 Å².